The summed E-state index contributed by atoms with van der Waals surface area (Å²) >= 11 is 5.15. The summed E-state index contributed by atoms with van der Waals surface area (Å²) in [5.41, 5.74) is 2.53. The molecule has 136 valence electrons. The van der Waals surface area contributed by atoms with Crippen molar-refractivity contribution in [3.63, 3.8) is 0 Å². The predicted octanol–water partition coefficient (Wildman–Crippen LogP) is 6.03. The second-order valence-electron chi connectivity index (χ2n) is 6.45. The molecule has 27 heavy (non-hydrogen) atoms. The lowest BCUT2D eigenvalue weighted by molar-refractivity contribution is -0.0193. The van der Waals surface area contributed by atoms with E-state index in [0.29, 0.717) is 5.56 Å². The molecular weight excluding hydrogens is 434 g/mol. The first kappa shape index (κ1) is 16.9. The average Bonchev–Trinajstić information content (AvgIpc) is 3.33. The Bertz CT molecular complexity index is 1050. The van der Waals surface area contributed by atoms with Crippen molar-refractivity contribution >= 4 is 33.0 Å². The molecule has 0 radical (unpaired) electrons. The molecule has 0 bridgehead atoms. The van der Waals surface area contributed by atoms with Gasteiger partial charge in [0.05, 0.1) is 16.6 Å². The van der Waals surface area contributed by atoms with E-state index in [2.05, 4.69) is 15.9 Å². The van der Waals surface area contributed by atoms with E-state index in [4.69, 9.17) is 9.84 Å². The van der Waals surface area contributed by atoms with Gasteiger partial charge < -0.3 is 4.74 Å². The topological polar surface area (TPSA) is 24.8 Å². The average molecular weight is 447 g/mol. The molecule has 2 aliphatic rings. The van der Waals surface area contributed by atoms with Crippen molar-refractivity contribution in [2.24, 2.45) is 5.10 Å². The molecule has 0 spiro atoms. The van der Waals surface area contributed by atoms with Crippen LogP contribution in [0.25, 0.3) is 0 Å². The molecule has 0 saturated carbocycles. The third-order valence-electron chi connectivity index (χ3n) is 4.79. The number of halogens is 3. The number of hydrogen-bond donors (Lipinski definition) is 0. The van der Waals surface area contributed by atoms with Gasteiger partial charge in [-0.15, -0.1) is 11.3 Å². The van der Waals surface area contributed by atoms with Gasteiger partial charge in [-0.3, -0.25) is 0 Å². The molecular formula is C20H13BrF2N2OS. The van der Waals surface area contributed by atoms with Crippen LogP contribution >= 0.6 is 27.3 Å². The first-order chi connectivity index (χ1) is 13.1. The Kier molecular flexibility index (Phi) is 4.02. The molecule has 0 N–H and O–H groups in total. The van der Waals surface area contributed by atoms with Crippen LogP contribution in [-0.4, -0.2) is 10.7 Å². The third-order valence-corrected chi connectivity index (χ3v) is 6.20. The zero-order valence-electron chi connectivity index (χ0n) is 13.9. The molecule has 2 aliphatic heterocycles. The summed E-state index contributed by atoms with van der Waals surface area (Å²) in [7, 11) is 0. The van der Waals surface area contributed by atoms with Crippen LogP contribution in [0.3, 0.4) is 0 Å². The van der Waals surface area contributed by atoms with E-state index in [1.165, 1.54) is 6.07 Å². The summed E-state index contributed by atoms with van der Waals surface area (Å²) in [6, 6.07) is 13.7. The van der Waals surface area contributed by atoms with E-state index in [9.17, 15) is 8.78 Å². The molecule has 3 aromatic rings. The smallest absolute Gasteiger partial charge is 0.213 e. The van der Waals surface area contributed by atoms with Crippen LogP contribution in [0.15, 0.2) is 63.5 Å². The van der Waals surface area contributed by atoms with Gasteiger partial charge in [-0.1, -0.05) is 28.1 Å². The standard InChI is InChI=1S/C20H13BrF2N2OS/c21-12-4-6-18-13(9-12)17-10-16(19-2-1-7-27-19)24-25(17)20(26-18)11-3-5-14(22)15(23)8-11/h1-9,17,20H,10H2/t17-,20+/m1/s1. The van der Waals surface area contributed by atoms with Gasteiger partial charge in [0.25, 0.3) is 0 Å². The first-order valence-electron chi connectivity index (χ1n) is 8.41. The van der Waals surface area contributed by atoms with Gasteiger partial charge >= 0.3 is 0 Å². The van der Waals surface area contributed by atoms with Crippen molar-refractivity contribution < 1.29 is 13.5 Å². The van der Waals surface area contributed by atoms with Crippen LogP contribution in [0.5, 0.6) is 5.75 Å². The maximum absolute atomic E-state index is 13.8. The number of thiophene rings is 1. The molecule has 0 fully saturated rings. The minimum atomic E-state index is -0.893. The predicted molar refractivity (Wildman–Crippen MR) is 104 cm³/mol. The summed E-state index contributed by atoms with van der Waals surface area (Å²) in [6.45, 7) is 0. The number of benzene rings is 2. The molecule has 2 aromatic carbocycles. The Balaban J connectivity index is 1.62. The normalized spacial score (nSPS) is 20.7. The Morgan fingerprint density at radius 3 is 2.78 bits per heavy atom. The van der Waals surface area contributed by atoms with E-state index in [1.807, 2.05) is 40.7 Å². The van der Waals surface area contributed by atoms with Crippen molar-refractivity contribution in [3.05, 3.63) is 86.0 Å². The van der Waals surface area contributed by atoms with E-state index in [0.717, 1.165) is 38.9 Å². The highest BCUT2D eigenvalue weighted by Crippen LogP contribution is 2.48. The Labute approximate surface area is 167 Å². The lowest BCUT2D eigenvalue weighted by Crippen LogP contribution is -2.33. The zero-order chi connectivity index (χ0) is 18.5. The molecule has 0 unspecified atom stereocenters. The van der Waals surface area contributed by atoms with E-state index in [1.54, 1.807) is 17.4 Å². The monoisotopic (exact) mass is 446 g/mol. The Morgan fingerprint density at radius 1 is 1.11 bits per heavy atom. The summed E-state index contributed by atoms with van der Waals surface area (Å²) in [4.78, 5) is 1.10. The SMILES string of the molecule is Fc1ccc([C@@H]2Oc3ccc(Br)cc3[C@H]3CC(c4cccs4)=NN32)cc1F. The number of nitrogens with zero attached hydrogens (tertiary/aromatic N) is 2. The van der Waals surface area contributed by atoms with Crippen molar-refractivity contribution in [1.82, 2.24) is 5.01 Å². The fourth-order valence-electron chi connectivity index (χ4n) is 3.54. The second kappa shape index (κ2) is 6.42. The maximum Gasteiger partial charge on any atom is 0.213 e. The molecule has 0 amide bonds. The molecule has 5 rings (SSSR count). The van der Waals surface area contributed by atoms with Gasteiger partial charge in [0.15, 0.2) is 11.6 Å². The number of hydrogen-bond acceptors (Lipinski definition) is 4. The summed E-state index contributed by atoms with van der Waals surface area (Å²) < 4.78 is 34.4. The molecule has 3 nitrogen and oxygen atoms in total. The van der Waals surface area contributed by atoms with Crippen molar-refractivity contribution in [3.8, 4) is 5.75 Å². The number of ether oxygens (including phenoxy) is 1. The Hall–Kier alpha value is -2.25. The lowest BCUT2D eigenvalue weighted by Gasteiger charge is -2.38. The summed E-state index contributed by atoms with van der Waals surface area (Å²) in [5, 5.41) is 8.67. The minimum absolute atomic E-state index is 0.0264. The highest BCUT2D eigenvalue weighted by molar-refractivity contribution is 9.10. The number of rotatable bonds is 2. The first-order valence-corrected chi connectivity index (χ1v) is 10.1. The van der Waals surface area contributed by atoms with Gasteiger partial charge in [-0.05, 0) is 41.8 Å². The quantitative estimate of drug-likeness (QED) is 0.479. The highest BCUT2D eigenvalue weighted by atomic mass is 79.9. The van der Waals surface area contributed by atoms with Crippen LogP contribution in [-0.2, 0) is 0 Å². The third kappa shape index (κ3) is 2.85. The van der Waals surface area contributed by atoms with Gasteiger partial charge in [-0.2, -0.15) is 5.10 Å². The van der Waals surface area contributed by atoms with Crippen LogP contribution in [0.2, 0.25) is 0 Å². The largest absolute Gasteiger partial charge is 0.464 e. The maximum atomic E-state index is 13.8. The number of hydrazone groups is 1. The molecule has 0 aliphatic carbocycles. The van der Waals surface area contributed by atoms with Gasteiger partial charge in [0, 0.05) is 22.0 Å². The fraction of sp³-hybridized carbons (Fsp3) is 0.150. The molecule has 3 heterocycles. The van der Waals surface area contributed by atoms with Crippen LogP contribution < -0.4 is 4.74 Å². The lowest BCUT2D eigenvalue weighted by atomic mass is 9.97. The molecule has 1 aromatic heterocycles. The Morgan fingerprint density at radius 2 is 2.00 bits per heavy atom. The molecule has 2 atom stereocenters. The van der Waals surface area contributed by atoms with E-state index < -0.39 is 17.9 Å². The van der Waals surface area contributed by atoms with Gasteiger partial charge in [-0.25, -0.2) is 13.8 Å². The van der Waals surface area contributed by atoms with Crippen molar-refractivity contribution in [2.45, 2.75) is 18.7 Å². The second-order valence-corrected chi connectivity index (χ2v) is 8.31. The summed E-state index contributed by atoms with van der Waals surface area (Å²) in [6.07, 6.45) is 0.115. The van der Waals surface area contributed by atoms with E-state index >= 15 is 0 Å². The van der Waals surface area contributed by atoms with Crippen LogP contribution in [0.4, 0.5) is 8.78 Å². The van der Waals surface area contributed by atoms with Crippen LogP contribution in [0, 0.1) is 11.6 Å². The minimum Gasteiger partial charge on any atom is -0.464 e. The van der Waals surface area contributed by atoms with Crippen molar-refractivity contribution in [1.29, 1.82) is 0 Å². The van der Waals surface area contributed by atoms with Gasteiger partial charge in [0.2, 0.25) is 6.23 Å². The highest BCUT2D eigenvalue weighted by Gasteiger charge is 2.41. The number of fused-ring (bicyclic) bond motifs is 3. The van der Waals surface area contributed by atoms with Crippen LogP contribution in [0.1, 0.15) is 34.7 Å². The fourth-order valence-corrected chi connectivity index (χ4v) is 4.64. The van der Waals surface area contributed by atoms with Crippen molar-refractivity contribution in [2.75, 3.05) is 0 Å². The molecule has 0 saturated heterocycles. The van der Waals surface area contributed by atoms with Gasteiger partial charge in [0.1, 0.15) is 5.75 Å². The molecule has 7 heteroatoms. The summed E-state index contributed by atoms with van der Waals surface area (Å²) in [5.74, 6) is -1.03. The zero-order valence-corrected chi connectivity index (χ0v) is 16.3. The van der Waals surface area contributed by atoms with E-state index in [-0.39, 0.29) is 6.04 Å².